The van der Waals surface area contributed by atoms with E-state index in [4.69, 9.17) is 32.3 Å². The summed E-state index contributed by atoms with van der Waals surface area (Å²) < 4.78 is 0. The van der Waals surface area contributed by atoms with E-state index in [-0.39, 0.29) is 0 Å². The molecule has 0 aromatic heterocycles. The Hall–Kier alpha value is -3.00. The highest BCUT2D eigenvalue weighted by Crippen LogP contribution is 1.97. The fourth-order valence-corrected chi connectivity index (χ4v) is 1.36. The molecule has 0 atom stereocenters. The summed E-state index contributed by atoms with van der Waals surface area (Å²) in [4.78, 5) is 0. The van der Waals surface area contributed by atoms with Gasteiger partial charge in [0, 0.05) is 17.1 Å². The summed E-state index contributed by atoms with van der Waals surface area (Å²) >= 11 is 0. The second kappa shape index (κ2) is 14.6. The molecular weight excluding hydrogens is 317 g/mol. The van der Waals surface area contributed by atoms with Crippen molar-refractivity contribution in [1.29, 1.82) is 0 Å². The van der Waals surface area contributed by atoms with Crippen molar-refractivity contribution in [2.45, 2.75) is 0 Å². The quantitative estimate of drug-likeness (QED) is 0.272. The molecule has 0 aliphatic heterocycles. The molecule has 0 heterocycles. The molecule has 0 radical (unpaired) electrons. The largest absolute Gasteiger partial charge is 0.631 e. The van der Waals surface area contributed by atoms with E-state index in [1.54, 1.807) is 0 Å². The van der Waals surface area contributed by atoms with Crippen molar-refractivity contribution < 1.29 is 15.1 Å². The Morgan fingerprint density at radius 3 is 0.680 bits per heavy atom. The first-order valence-corrected chi connectivity index (χ1v) is 7.37. The third kappa shape index (κ3) is 17.2. The van der Waals surface area contributed by atoms with E-state index in [1.807, 2.05) is 91.0 Å². The standard InChI is InChI=1S/3C6H7N.BH3O3/c3*7-6-4-2-1-3-5-6;2-1(3)4/h3*1-5H,7H2;2-4H. The van der Waals surface area contributed by atoms with Crippen LogP contribution in [-0.4, -0.2) is 22.4 Å². The van der Waals surface area contributed by atoms with E-state index in [0.29, 0.717) is 0 Å². The normalized spacial score (nSPS) is 8.28. The molecule has 0 aliphatic rings. The van der Waals surface area contributed by atoms with E-state index in [1.165, 1.54) is 0 Å². The third-order valence-electron chi connectivity index (χ3n) is 2.40. The van der Waals surface area contributed by atoms with Gasteiger partial charge in [-0.25, -0.2) is 0 Å². The molecule has 0 amide bonds. The molecule has 9 N–H and O–H groups in total. The van der Waals surface area contributed by atoms with E-state index < -0.39 is 7.32 Å². The van der Waals surface area contributed by atoms with Crippen LogP contribution >= 0.6 is 0 Å². The van der Waals surface area contributed by atoms with Crippen LogP contribution in [0.2, 0.25) is 0 Å². The lowest BCUT2D eigenvalue weighted by Gasteiger charge is -1.83. The van der Waals surface area contributed by atoms with Gasteiger partial charge in [0.1, 0.15) is 0 Å². The number of nitrogens with two attached hydrogens (primary N) is 3. The van der Waals surface area contributed by atoms with Gasteiger partial charge in [-0.15, -0.1) is 0 Å². The number of rotatable bonds is 0. The van der Waals surface area contributed by atoms with Crippen LogP contribution in [0.3, 0.4) is 0 Å². The maximum atomic E-state index is 7.17. The number of para-hydroxylation sites is 3. The van der Waals surface area contributed by atoms with Gasteiger partial charge in [-0.3, -0.25) is 0 Å². The van der Waals surface area contributed by atoms with Crippen LogP contribution in [0.4, 0.5) is 17.1 Å². The van der Waals surface area contributed by atoms with Crippen LogP contribution in [0.5, 0.6) is 0 Å². The Bertz CT molecular complexity index is 550. The molecule has 0 saturated carbocycles. The van der Waals surface area contributed by atoms with E-state index >= 15 is 0 Å². The van der Waals surface area contributed by atoms with E-state index in [9.17, 15) is 0 Å². The number of hydrogen-bond acceptors (Lipinski definition) is 6. The van der Waals surface area contributed by atoms with Crippen molar-refractivity contribution in [3.8, 4) is 0 Å². The van der Waals surface area contributed by atoms with Gasteiger partial charge < -0.3 is 32.3 Å². The van der Waals surface area contributed by atoms with Gasteiger partial charge in [0.15, 0.2) is 0 Å². The first-order valence-electron chi connectivity index (χ1n) is 7.37. The summed E-state index contributed by atoms with van der Waals surface area (Å²) in [6, 6.07) is 28.5. The van der Waals surface area contributed by atoms with Crippen LogP contribution in [-0.2, 0) is 0 Å². The summed E-state index contributed by atoms with van der Waals surface area (Å²) in [5, 5.41) is 21.5. The molecule has 0 bridgehead atoms. The molecule has 25 heavy (non-hydrogen) atoms. The van der Waals surface area contributed by atoms with Gasteiger partial charge in [-0.2, -0.15) is 0 Å². The zero-order valence-corrected chi connectivity index (χ0v) is 13.8. The van der Waals surface area contributed by atoms with Gasteiger partial charge in [-0.1, -0.05) is 54.6 Å². The molecule has 3 aromatic rings. The van der Waals surface area contributed by atoms with Gasteiger partial charge in [0.05, 0.1) is 0 Å². The monoisotopic (exact) mass is 341 g/mol. The van der Waals surface area contributed by atoms with Crippen LogP contribution in [0.25, 0.3) is 0 Å². The lowest BCUT2D eigenvalue weighted by molar-refractivity contribution is 0.278. The molecule has 3 aromatic carbocycles. The highest BCUT2D eigenvalue weighted by atomic mass is 16.5. The molecule has 0 aliphatic carbocycles. The number of hydrogen-bond donors (Lipinski definition) is 6. The van der Waals surface area contributed by atoms with Gasteiger partial charge in [0.25, 0.3) is 0 Å². The highest BCUT2D eigenvalue weighted by molar-refractivity contribution is 6.30. The van der Waals surface area contributed by atoms with Crippen LogP contribution in [0.1, 0.15) is 0 Å². The Balaban J connectivity index is 0.000000314. The second-order valence-electron chi connectivity index (χ2n) is 4.58. The van der Waals surface area contributed by atoms with Crippen molar-refractivity contribution in [1.82, 2.24) is 0 Å². The maximum absolute atomic E-state index is 7.17. The van der Waals surface area contributed by atoms with Crippen LogP contribution in [0, 0.1) is 0 Å². The topological polar surface area (TPSA) is 139 Å². The first-order chi connectivity index (χ1) is 11.9. The number of nitrogen functional groups attached to an aromatic ring is 3. The van der Waals surface area contributed by atoms with E-state index in [0.717, 1.165) is 17.1 Å². The summed E-state index contributed by atoms with van der Waals surface area (Å²) in [6.07, 6.45) is 0. The molecule has 0 saturated heterocycles. The molecule has 6 nitrogen and oxygen atoms in total. The Morgan fingerprint density at radius 2 is 0.600 bits per heavy atom. The molecule has 132 valence electrons. The summed E-state index contributed by atoms with van der Waals surface area (Å²) in [6.45, 7) is 0. The molecule has 0 fully saturated rings. The predicted molar refractivity (Wildman–Crippen MR) is 105 cm³/mol. The van der Waals surface area contributed by atoms with Gasteiger partial charge in [-0.05, 0) is 36.4 Å². The van der Waals surface area contributed by atoms with Crippen LogP contribution < -0.4 is 17.2 Å². The van der Waals surface area contributed by atoms with Crippen LogP contribution in [0.15, 0.2) is 91.0 Å². The Kier molecular flexibility index (Phi) is 12.8. The van der Waals surface area contributed by atoms with Crippen molar-refractivity contribution in [2.24, 2.45) is 0 Å². The lowest BCUT2D eigenvalue weighted by atomic mass is 10.3. The van der Waals surface area contributed by atoms with Gasteiger partial charge >= 0.3 is 7.32 Å². The smallest absolute Gasteiger partial charge is 0.402 e. The Morgan fingerprint density at radius 1 is 0.440 bits per heavy atom. The minimum Gasteiger partial charge on any atom is -0.402 e. The van der Waals surface area contributed by atoms with E-state index in [2.05, 4.69) is 0 Å². The predicted octanol–water partition coefficient (Wildman–Crippen LogP) is 1.75. The number of benzene rings is 3. The first kappa shape index (κ1) is 22.0. The fraction of sp³-hybridized carbons (Fsp3) is 0. The second-order valence-corrected chi connectivity index (χ2v) is 4.58. The van der Waals surface area contributed by atoms with Crippen molar-refractivity contribution >= 4 is 24.4 Å². The van der Waals surface area contributed by atoms with Crippen molar-refractivity contribution in [3.63, 3.8) is 0 Å². The summed E-state index contributed by atoms with van der Waals surface area (Å²) in [5.41, 5.74) is 18.5. The molecule has 3 rings (SSSR count). The maximum Gasteiger partial charge on any atom is 0.631 e. The lowest BCUT2D eigenvalue weighted by Crippen LogP contribution is -2.07. The highest BCUT2D eigenvalue weighted by Gasteiger charge is 1.92. The average molecular weight is 341 g/mol. The molecule has 0 spiro atoms. The minimum atomic E-state index is -2.17. The third-order valence-corrected chi connectivity index (χ3v) is 2.40. The van der Waals surface area contributed by atoms with Crippen molar-refractivity contribution in [2.75, 3.05) is 17.2 Å². The Labute approximate surface area is 148 Å². The SMILES string of the molecule is Nc1ccccc1.Nc1ccccc1.Nc1ccccc1.OB(O)O. The molecule has 0 unspecified atom stereocenters. The minimum absolute atomic E-state index is 0.822. The zero-order valence-electron chi connectivity index (χ0n) is 13.8. The summed E-state index contributed by atoms with van der Waals surface area (Å²) in [5.74, 6) is 0. The van der Waals surface area contributed by atoms with Gasteiger partial charge in [0.2, 0.25) is 0 Å². The fourth-order valence-electron chi connectivity index (χ4n) is 1.36. The molecular formula is C18H24BN3O3. The zero-order chi connectivity index (χ0) is 18.9. The number of anilines is 3. The van der Waals surface area contributed by atoms with Crippen molar-refractivity contribution in [3.05, 3.63) is 91.0 Å². The summed E-state index contributed by atoms with van der Waals surface area (Å²) in [7, 11) is -2.17. The molecule has 7 heteroatoms. The average Bonchev–Trinajstić information content (AvgIpc) is 2.58.